The van der Waals surface area contributed by atoms with E-state index in [1.54, 1.807) is 31.2 Å². The van der Waals surface area contributed by atoms with Crippen LogP contribution in [-0.2, 0) is 14.3 Å². The molecular formula is C19H17NO7S. The first-order valence-electron chi connectivity index (χ1n) is 8.13. The first-order chi connectivity index (χ1) is 13.4. The number of carbonyl (C=O) groups is 3. The van der Waals surface area contributed by atoms with E-state index in [4.69, 9.17) is 18.9 Å². The normalized spacial score (nSPS) is 12.1. The van der Waals surface area contributed by atoms with Gasteiger partial charge in [0.1, 0.15) is 9.88 Å². The van der Waals surface area contributed by atoms with Gasteiger partial charge in [0.15, 0.2) is 11.5 Å². The topological polar surface area (TPSA) is 100 Å². The smallest absolute Gasteiger partial charge is 0.348 e. The van der Waals surface area contributed by atoms with Crippen LogP contribution in [0.15, 0.2) is 24.3 Å². The van der Waals surface area contributed by atoms with Gasteiger partial charge in [0, 0.05) is 6.08 Å². The number of benzene rings is 1. The number of carbonyl (C=O) groups excluding carboxylic acids is 3. The molecule has 9 heteroatoms. The van der Waals surface area contributed by atoms with E-state index in [0.29, 0.717) is 17.1 Å². The predicted molar refractivity (Wildman–Crippen MR) is 102 cm³/mol. The van der Waals surface area contributed by atoms with Crippen LogP contribution in [0.1, 0.15) is 31.2 Å². The van der Waals surface area contributed by atoms with Crippen molar-refractivity contribution >= 4 is 40.3 Å². The van der Waals surface area contributed by atoms with Gasteiger partial charge in [-0.15, -0.1) is 11.3 Å². The van der Waals surface area contributed by atoms with Crippen molar-refractivity contribution in [2.45, 2.75) is 6.92 Å². The van der Waals surface area contributed by atoms with Gasteiger partial charge in [0.2, 0.25) is 12.7 Å². The fraction of sp³-hybridized carbons (Fsp3) is 0.211. The minimum atomic E-state index is -0.654. The lowest BCUT2D eigenvalue weighted by molar-refractivity contribution is -0.111. The van der Waals surface area contributed by atoms with Crippen LogP contribution in [0.5, 0.6) is 11.5 Å². The molecule has 1 aromatic carbocycles. The highest BCUT2D eigenvalue weighted by atomic mass is 32.1. The summed E-state index contributed by atoms with van der Waals surface area (Å²) in [5.74, 6) is -0.468. The Morgan fingerprint density at radius 2 is 1.82 bits per heavy atom. The van der Waals surface area contributed by atoms with Crippen LogP contribution in [0.25, 0.3) is 6.08 Å². The number of rotatable bonds is 5. The standard InChI is InChI=1S/C19H17NO7S/c1-10-15(18(22)24-2)17(28-16(10)19(23)25-3)20-14(21)7-5-11-4-6-12-13(8-11)27-9-26-12/h4-8H,9H2,1-3H3,(H,20,21). The van der Waals surface area contributed by atoms with Crippen molar-refractivity contribution in [3.05, 3.63) is 45.8 Å². The molecule has 1 N–H and O–H groups in total. The SMILES string of the molecule is COC(=O)c1sc(NC(=O)C=Cc2ccc3c(c2)OCO3)c(C(=O)OC)c1C. The number of methoxy groups -OCH3 is 2. The van der Waals surface area contributed by atoms with E-state index < -0.39 is 17.8 Å². The van der Waals surface area contributed by atoms with Crippen molar-refractivity contribution in [2.75, 3.05) is 26.3 Å². The van der Waals surface area contributed by atoms with Gasteiger partial charge in [-0.25, -0.2) is 9.59 Å². The lowest BCUT2D eigenvalue weighted by Crippen LogP contribution is -2.11. The summed E-state index contributed by atoms with van der Waals surface area (Å²) in [4.78, 5) is 36.5. The molecule has 2 heterocycles. The highest BCUT2D eigenvalue weighted by molar-refractivity contribution is 7.18. The second kappa shape index (κ2) is 8.13. The molecule has 28 heavy (non-hydrogen) atoms. The van der Waals surface area contributed by atoms with Gasteiger partial charge in [-0.1, -0.05) is 6.07 Å². The van der Waals surface area contributed by atoms with Crippen LogP contribution in [0.4, 0.5) is 5.00 Å². The molecule has 0 aliphatic carbocycles. The third-order valence-electron chi connectivity index (χ3n) is 3.97. The predicted octanol–water partition coefficient (Wildman–Crippen LogP) is 3.01. The van der Waals surface area contributed by atoms with Crippen LogP contribution in [0.2, 0.25) is 0 Å². The summed E-state index contributed by atoms with van der Waals surface area (Å²) < 4.78 is 20.0. The van der Waals surface area contributed by atoms with Crippen molar-refractivity contribution in [2.24, 2.45) is 0 Å². The average Bonchev–Trinajstić information content (AvgIpc) is 3.29. The molecule has 2 aromatic rings. The van der Waals surface area contributed by atoms with E-state index in [1.807, 2.05) is 0 Å². The quantitative estimate of drug-likeness (QED) is 0.605. The highest BCUT2D eigenvalue weighted by Crippen LogP contribution is 2.35. The first kappa shape index (κ1) is 19.4. The molecule has 1 aliphatic rings. The number of anilines is 1. The second-order valence-corrected chi connectivity index (χ2v) is 6.70. The minimum Gasteiger partial charge on any atom is -0.465 e. The van der Waals surface area contributed by atoms with Gasteiger partial charge in [-0.05, 0) is 36.3 Å². The van der Waals surface area contributed by atoms with Crippen LogP contribution >= 0.6 is 11.3 Å². The Morgan fingerprint density at radius 3 is 2.54 bits per heavy atom. The van der Waals surface area contributed by atoms with Gasteiger partial charge >= 0.3 is 11.9 Å². The van der Waals surface area contributed by atoms with E-state index in [2.05, 4.69) is 5.32 Å². The second-order valence-electron chi connectivity index (χ2n) is 5.68. The maximum absolute atomic E-state index is 12.3. The fourth-order valence-electron chi connectivity index (χ4n) is 2.58. The summed E-state index contributed by atoms with van der Waals surface area (Å²) in [6, 6.07) is 5.28. The molecule has 1 aliphatic heterocycles. The maximum Gasteiger partial charge on any atom is 0.348 e. The molecular weight excluding hydrogens is 386 g/mol. The Kier molecular flexibility index (Phi) is 5.65. The molecule has 0 bridgehead atoms. The number of hydrogen-bond donors (Lipinski definition) is 1. The summed E-state index contributed by atoms with van der Waals surface area (Å²) in [7, 11) is 2.47. The van der Waals surface area contributed by atoms with E-state index in [-0.39, 0.29) is 22.2 Å². The Labute approximate surface area is 164 Å². The van der Waals surface area contributed by atoms with Crippen molar-refractivity contribution in [3.8, 4) is 11.5 Å². The molecule has 146 valence electrons. The molecule has 0 fully saturated rings. The fourth-order valence-corrected chi connectivity index (χ4v) is 3.70. The molecule has 0 atom stereocenters. The van der Waals surface area contributed by atoms with Gasteiger partial charge in [-0.3, -0.25) is 4.79 Å². The molecule has 1 amide bonds. The number of esters is 2. The molecule has 0 radical (unpaired) electrons. The largest absolute Gasteiger partial charge is 0.465 e. The summed E-state index contributed by atoms with van der Waals surface area (Å²) in [6.45, 7) is 1.76. The van der Waals surface area contributed by atoms with Crippen molar-refractivity contribution < 1.29 is 33.3 Å². The van der Waals surface area contributed by atoms with Gasteiger partial charge in [0.05, 0.1) is 19.8 Å². The van der Waals surface area contributed by atoms with Gasteiger partial charge < -0.3 is 24.3 Å². The van der Waals surface area contributed by atoms with Crippen LogP contribution in [0, 0.1) is 6.92 Å². The minimum absolute atomic E-state index is 0.123. The molecule has 8 nitrogen and oxygen atoms in total. The van der Waals surface area contributed by atoms with E-state index >= 15 is 0 Å². The molecule has 0 saturated heterocycles. The summed E-state index contributed by atoms with van der Waals surface area (Å²) in [5.41, 5.74) is 1.25. The Balaban J connectivity index is 1.81. The van der Waals surface area contributed by atoms with Crippen LogP contribution in [-0.4, -0.2) is 38.9 Å². The molecule has 1 aromatic heterocycles. The lowest BCUT2D eigenvalue weighted by atomic mass is 10.1. The first-order valence-corrected chi connectivity index (χ1v) is 8.95. The van der Waals surface area contributed by atoms with Gasteiger partial charge in [-0.2, -0.15) is 0 Å². The zero-order valence-electron chi connectivity index (χ0n) is 15.4. The average molecular weight is 403 g/mol. The van der Waals surface area contributed by atoms with Crippen LogP contribution in [0.3, 0.4) is 0 Å². The number of thiophene rings is 1. The molecule has 0 saturated carbocycles. The lowest BCUT2D eigenvalue weighted by Gasteiger charge is -2.04. The van der Waals surface area contributed by atoms with E-state index in [0.717, 1.165) is 16.9 Å². The molecule has 3 rings (SSSR count). The van der Waals surface area contributed by atoms with Crippen molar-refractivity contribution in [1.82, 2.24) is 0 Å². The highest BCUT2D eigenvalue weighted by Gasteiger charge is 2.26. The van der Waals surface area contributed by atoms with Gasteiger partial charge in [0.25, 0.3) is 0 Å². The van der Waals surface area contributed by atoms with Crippen LogP contribution < -0.4 is 14.8 Å². The van der Waals surface area contributed by atoms with E-state index in [1.165, 1.54) is 20.3 Å². The third kappa shape index (κ3) is 3.84. The molecule has 0 spiro atoms. The monoisotopic (exact) mass is 403 g/mol. The van der Waals surface area contributed by atoms with Crippen molar-refractivity contribution in [1.29, 1.82) is 0 Å². The number of fused-ring (bicyclic) bond motifs is 1. The zero-order chi connectivity index (χ0) is 20.3. The number of ether oxygens (including phenoxy) is 4. The number of amides is 1. The van der Waals surface area contributed by atoms with Crippen molar-refractivity contribution in [3.63, 3.8) is 0 Å². The number of hydrogen-bond acceptors (Lipinski definition) is 8. The Hall–Kier alpha value is -3.33. The zero-order valence-corrected chi connectivity index (χ0v) is 16.2. The summed E-state index contributed by atoms with van der Waals surface area (Å²) >= 11 is 0.951. The summed E-state index contributed by atoms with van der Waals surface area (Å²) in [5, 5.41) is 2.83. The Morgan fingerprint density at radius 1 is 1.11 bits per heavy atom. The van der Waals surface area contributed by atoms with E-state index in [9.17, 15) is 14.4 Å². The maximum atomic E-state index is 12.3. The third-order valence-corrected chi connectivity index (χ3v) is 5.15. The summed E-state index contributed by atoms with van der Waals surface area (Å²) in [6.07, 6.45) is 2.91. The molecule has 0 unspecified atom stereocenters. The Bertz CT molecular complexity index is 977. The number of nitrogens with one attached hydrogen (secondary N) is 1.